The van der Waals surface area contributed by atoms with Crippen LogP contribution in [0, 0.1) is 29.2 Å². The molecule has 0 amide bonds. The molecule has 1 aliphatic heterocycles. The van der Waals surface area contributed by atoms with Gasteiger partial charge >= 0.3 is 0 Å². The van der Waals surface area contributed by atoms with Gasteiger partial charge in [-0.1, -0.05) is 48.7 Å². The maximum atomic E-state index is 14.3. The summed E-state index contributed by atoms with van der Waals surface area (Å²) in [5.74, 6) is 5.16. The molecule has 2 fully saturated rings. The lowest BCUT2D eigenvalue weighted by Crippen LogP contribution is -2.42. The van der Waals surface area contributed by atoms with Crippen molar-refractivity contribution < 1.29 is 39.4 Å². The molecule has 4 aromatic rings. The molecule has 0 aromatic heterocycles. The van der Waals surface area contributed by atoms with Crippen LogP contribution in [0.4, 0.5) is 5.69 Å². The lowest BCUT2D eigenvalue weighted by atomic mass is 9.69. The van der Waals surface area contributed by atoms with E-state index >= 15 is 0 Å². The summed E-state index contributed by atoms with van der Waals surface area (Å²) >= 11 is 0. The third-order valence-corrected chi connectivity index (χ3v) is 13.4. The fourth-order valence-electron chi connectivity index (χ4n) is 10.1. The van der Waals surface area contributed by atoms with Crippen molar-refractivity contribution in [1.29, 1.82) is 0 Å². The number of aliphatic hydroxyl groups excluding tert-OH is 1. The van der Waals surface area contributed by atoms with E-state index in [1.54, 1.807) is 31.3 Å². The maximum absolute atomic E-state index is 14.3. The van der Waals surface area contributed by atoms with E-state index in [1.807, 2.05) is 61.7 Å². The number of fused-ring (bicyclic) bond motifs is 4. The number of ether oxygens (including phenoxy) is 3. The monoisotopic (exact) mass is 887 g/mol. The lowest BCUT2D eigenvalue weighted by molar-refractivity contribution is -0.125. The number of methoxy groups -OCH3 is 1. The van der Waals surface area contributed by atoms with Crippen molar-refractivity contribution in [1.82, 2.24) is 16.0 Å². The minimum Gasteiger partial charge on any atom is -0.508 e. The van der Waals surface area contributed by atoms with E-state index in [0.717, 1.165) is 72.4 Å². The second-order valence-electron chi connectivity index (χ2n) is 18.0. The number of phenols is 3. The van der Waals surface area contributed by atoms with Gasteiger partial charge in [-0.2, -0.15) is 0 Å². The Kier molecular flexibility index (Phi) is 15.9. The number of benzene rings is 4. The number of ketones is 1. The summed E-state index contributed by atoms with van der Waals surface area (Å²) in [5, 5.41) is 57.3. The first kappa shape index (κ1) is 47.2. The highest BCUT2D eigenvalue weighted by Gasteiger charge is 2.47. The molecule has 0 radical (unpaired) electrons. The summed E-state index contributed by atoms with van der Waals surface area (Å²) in [6.45, 7) is 1.89. The molecule has 8 N–H and O–H groups in total. The Morgan fingerprint density at radius 3 is 2.65 bits per heavy atom. The van der Waals surface area contributed by atoms with Crippen LogP contribution in [0.5, 0.6) is 28.7 Å². The van der Waals surface area contributed by atoms with Crippen molar-refractivity contribution >= 4 is 28.2 Å². The van der Waals surface area contributed by atoms with Gasteiger partial charge in [-0.3, -0.25) is 20.4 Å². The van der Waals surface area contributed by atoms with Crippen LogP contribution in [0.2, 0.25) is 0 Å². The van der Waals surface area contributed by atoms with E-state index in [4.69, 9.17) is 14.2 Å². The van der Waals surface area contributed by atoms with E-state index in [-0.39, 0.29) is 28.9 Å². The number of rotatable bonds is 16. The number of anilines is 1. The number of nitrogens with zero attached hydrogens (tertiary/aromatic N) is 1. The summed E-state index contributed by atoms with van der Waals surface area (Å²) < 4.78 is 18.2. The highest BCUT2D eigenvalue weighted by Crippen LogP contribution is 2.49. The van der Waals surface area contributed by atoms with Crippen molar-refractivity contribution in [2.75, 3.05) is 52.9 Å². The number of aliphatic imine (C=N–C) groups is 1. The number of hydrogen-bond acceptors (Lipinski definition) is 11. The van der Waals surface area contributed by atoms with Crippen LogP contribution in [-0.4, -0.2) is 91.5 Å². The van der Waals surface area contributed by atoms with Gasteiger partial charge in [0.15, 0.2) is 28.8 Å². The number of phenolic OH excluding ortho intramolecular Hbond substituents is 3. The first-order chi connectivity index (χ1) is 31.5. The van der Waals surface area contributed by atoms with E-state index in [0.29, 0.717) is 87.6 Å². The predicted molar refractivity (Wildman–Crippen MR) is 255 cm³/mol. The Morgan fingerprint density at radius 1 is 0.985 bits per heavy atom. The van der Waals surface area contributed by atoms with Gasteiger partial charge in [0.2, 0.25) is 5.96 Å². The van der Waals surface area contributed by atoms with Gasteiger partial charge in [-0.25, -0.2) is 0 Å². The number of aryl methyl sites for hydroxylation is 1. The van der Waals surface area contributed by atoms with Crippen molar-refractivity contribution in [3.05, 3.63) is 95.6 Å². The molecule has 2 saturated carbocycles. The minimum absolute atomic E-state index is 0.0190. The van der Waals surface area contributed by atoms with Gasteiger partial charge in [0.1, 0.15) is 11.4 Å². The van der Waals surface area contributed by atoms with Crippen LogP contribution in [0.3, 0.4) is 0 Å². The van der Waals surface area contributed by atoms with Crippen LogP contribution in [0.25, 0.3) is 10.8 Å². The quantitative estimate of drug-likeness (QED) is 0.0248. The Balaban J connectivity index is 0.976. The number of aromatic hydroxyl groups is 3. The van der Waals surface area contributed by atoms with Crippen LogP contribution in [0.15, 0.2) is 83.9 Å². The summed E-state index contributed by atoms with van der Waals surface area (Å²) in [4.78, 5) is 18.7. The second kappa shape index (κ2) is 21.9. The molecule has 346 valence electrons. The zero-order valence-electron chi connectivity index (χ0n) is 37.9. The highest BCUT2D eigenvalue weighted by atomic mass is 16.5. The van der Waals surface area contributed by atoms with Crippen molar-refractivity contribution in [3.8, 4) is 40.7 Å². The van der Waals surface area contributed by atoms with Crippen molar-refractivity contribution in [2.45, 2.75) is 88.8 Å². The molecule has 0 unspecified atom stereocenters. The third-order valence-electron chi connectivity index (χ3n) is 13.4. The van der Waals surface area contributed by atoms with Crippen molar-refractivity contribution in [2.24, 2.45) is 22.2 Å². The molecule has 13 nitrogen and oxygen atoms in total. The van der Waals surface area contributed by atoms with E-state index in [1.165, 1.54) is 7.11 Å². The summed E-state index contributed by atoms with van der Waals surface area (Å²) in [5.41, 5.74) is 2.13. The number of carbonyl (C=O) groups is 1. The molecule has 5 atom stereocenters. The summed E-state index contributed by atoms with van der Waals surface area (Å²) in [7, 11) is 5.09. The molecular weight excluding hydrogens is 823 g/mol. The average molecular weight is 888 g/mol. The van der Waals surface area contributed by atoms with Crippen molar-refractivity contribution in [3.63, 3.8) is 0 Å². The molecule has 3 aliphatic rings. The van der Waals surface area contributed by atoms with Crippen LogP contribution < -0.4 is 30.7 Å². The molecule has 2 bridgehead atoms. The molecule has 4 aromatic carbocycles. The molecule has 7 rings (SSSR count). The SMILES string of the molecule is CN=C1NC#CC[C@@H]2CCC[C@]2(Cc2ccc(O)c(OC)c2)C(=O)/C=C/CCc2cc(c(O)c(O[C@@]3(CNC)CC[C@H](CCOCNC[C@H](O)Cc4ccc5cc(O)ccc5c4)C3)c2)N1. The highest BCUT2D eigenvalue weighted by molar-refractivity contribution is 5.97. The topological polar surface area (TPSA) is 186 Å². The first-order valence-electron chi connectivity index (χ1n) is 22.9. The van der Waals surface area contributed by atoms with Gasteiger partial charge in [0.05, 0.1) is 25.6 Å². The van der Waals surface area contributed by atoms with Gasteiger partial charge in [0, 0.05) is 44.6 Å². The van der Waals surface area contributed by atoms with Crippen LogP contribution in [-0.2, 0) is 28.8 Å². The molecule has 0 spiro atoms. The lowest BCUT2D eigenvalue weighted by Gasteiger charge is -2.33. The maximum Gasteiger partial charge on any atom is 0.207 e. The largest absolute Gasteiger partial charge is 0.508 e. The van der Waals surface area contributed by atoms with E-state index in [9.17, 15) is 25.2 Å². The van der Waals surface area contributed by atoms with Crippen LogP contribution >= 0.6 is 0 Å². The molecular formula is C52H65N5O8. The number of allylic oxidation sites excluding steroid dienone is 2. The third kappa shape index (κ3) is 11.9. The van der Waals surface area contributed by atoms with Gasteiger partial charge < -0.3 is 45.3 Å². The Labute approximate surface area is 382 Å². The minimum atomic E-state index is -0.641. The van der Waals surface area contributed by atoms with Gasteiger partial charge in [0.25, 0.3) is 0 Å². The summed E-state index contributed by atoms with van der Waals surface area (Å²) in [6.07, 6.45) is 11.8. The Morgan fingerprint density at radius 2 is 1.82 bits per heavy atom. The zero-order valence-corrected chi connectivity index (χ0v) is 37.9. The molecule has 0 saturated heterocycles. The fraction of sp³-hybridized carbons (Fsp3) is 0.462. The van der Waals surface area contributed by atoms with E-state index in [2.05, 4.69) is 38.2 Å². The first-order valence-corrected chi connectivity index (χ1v) is 22.9. The Bertz CT molecular complexity index is 2410. The average Bonchev–Trinajstić information content (AvgIpc) is 3.90. The fourth-order valence-corrected chi connectivity index (χ4v) is 10.1. The normalized spacial score (nSPS) is 23.8. The smallest absolute Gasteiger partial charge is 0.207 e. The van der Waals surface area contributed by atoms with Crippen LogP contribution in [0.1, 0.15) is 74.5 Å². The number of likely N-dealkylation sites (N-methyl/N-ethyl adjacent to an activating group) is 1. The second-order valence-corrected chi connectivity index (χ2v) is 18.0. The number of aliphatic hydroxyl groups is 1. The number of hydrogen-bond donors (Lipinski definition) is 8. The van der Waals surface area contributed by atoms with Gasteiger partial charge in [-0.05, 0) is 153 Å². The predicted octanol–water partition coefficient (Wildman–Crippen LogP) is 7.10. The number of nitrogens with one attached hydrogen (secondary N) is 4. The van der Waals surface area contributed by atoms with E-state index < -0.39 is 17.1 Å². The number of carbonyl (C=O) groups excluding carboxylic acids is 1. The Hall–Kier alpha value is -5.78. The zero-order chi connectivity index (χ0) is 45.8. The molecule has 13 heteroatoms. The molecule has 65 heavy (non-hydrogen) atoms. The molecule has 1 heterocycles. The summed E-state index contributed by atoms with van der Waals surface area (Å²) in [6, 6.07) is 23.4. The standard InChI is InChI=1S/C52H65N5O8/c1-53-33-51(21-18-35(30-51)19-23-64-34-55-32-43(59)25-37-12-14-40-29-42(58)16-15-39(40)24-37)65-47-27-36-8-4-5-11-48(61)52(31-38-13-17-45(60)46(28-38)63-3)20-6-9-41(52)10-7-22-56-50(54-2)57-44(26-36)49(47)62/h5,11-17,24,26-29,35,41,43,53,55,58-60,62H,4,6,8-10,18-21,23,25,30-34H2,1-3H3,(H2,54,56,57)/b11-5+/t35-,41+,43-,51+,52-/m1/s1. The molecule has 2 aliphatic carbocycles. The van der Waals surface area contributed by atoms with Gasteiger partial charge in [-0.15, -0.1) is 0 Å². The number of guanidine groups is 1.